The number of nitrogens with zero attached hydrogens (tertiary/aromatic N) is 3. The number of Topliss-reactive ketones (excluding diaryl/α,β-unsaturated/α-hetero) is 1. The third-order valence-electron chi connectivity index (χ3n) is 4.93. The fourth-order valence-corrected chi connectivity index (χ4v) is 4.45. The monoisotopic (exact) mass is 391 g/mol. The molecule has 2 aromatic carbocycles. The zero-order valence-corrected chi connectivity index (χ0v) is 16.6. The van der Waals surface area contributed by atoms with Crippen LogP contribution in [0, 0.1) is 0 Å². The SMILES string of the molecule is CC(=O)N1CCc2cc(C(=O)[C@@H](C)Sc3nccn3-c3ccccc3)ccc21. The fraction of sp³-hybridized carbons (Fsp3) is 0.227. The second kappa shape index (κ2) is 7.64. The maximum atomic E-state index is 13.0. The number of fused-ring (bicyclic) bond motifs is 1. The molecule has 0 spiro atoms. The van der Waals surface area contributed by atoms with Gasteiger partial charge in [0.15, 0.2) is 10.9 Å². The summed E-state index contributed by atoms with van der Waals surface area (Å²) in [4.78, 5) is 30.9. The van der Waals surface area contributed by atoms with Crippen LogP contribution in [-0.4, -0.2) is 33.0 Å². The molecule has 0 fully saturated rings. The summed E-state index contributed by atoms with van der Waals surface area (Å²) in [7, 11) is 0. The number of anilines is 1. The molecule has 28 heavy (non-hydrogen) atoms. The van der Waals surface area contributed by atoms with Crippen LogP contribution in [0.1, 0.15) is 29.8 Å². The Kier molecular flexibility index (Phi) is 5.05. The third-order valence-corrected chi connectivity index (χ3v) is 6.01. The van der Waals surface area contributed by atoms with Crippen molar-refractivity contribution in [3.63, 3.8) is 0 Å². The molecule has 1 aromatic heterocycles. The highest BCUT2D eigenvalue weighted by molar-refractivity contribution is 8.00. The number of carbonyl (C=O) groups is 2. The largest absolute Gasteiger partial charge is 0.312 e. The lowest BCUT2D eigenvalue weighted by molar-refractivity contribution is -0.116. The number of benzene rings is 2. The van der Waals surface area contributed by atoms with Gasteiger partial charge in [0.2, 0.25) is 5.91 Å². The van der Waals surface area contributed by atoms with Crippen molar-refractivity contribution < 1.29 is 9.59 Å². The summed E-state index contributed by atoms with van der Waals surface area (Å²) >= 11 is 1.45. The van der Waals surface area contributed by atoms with Crippen molar-refractivity contribution >= 4 is 29.1 Å². The van der Waals surface area contributed by atoms with Gasteiger partial charge in [-0.05, 0) is 49.2 Å². The molecule has 1 atom stereocenters. The van der Waals surface area contributed by atoms with Gasteiger partial charge >= 0.3 is 0 Å². The molecule has 0 saturated heterocycles. The Morgan fingerprint density at radius 2 is 1.93 bits per heavy atom. The number of imidazole rings is 1. The number of hydrogen-bond acceptors (Lipinski definition) is 4. The van der Waals surface area contributed by atoms with Crippen LogP contribution in [-0.2, 0) is 11.2 Å². The van der Waals surface area contributed by atoms with Gasteiger partial charge in [-0.25, -0.2) is 4.98 Å². The number of rotatable bonds is 5. The molecule has 1 aliphatic heterocycles. The van der Waals surface area contributed by atoms with Crippen molar-refractivity contribution in [3.05, 3.63) is 72.1 Å². The molecule has 0 radical (unpaired) electrons. The molecule has 1 aliphatic rings. The summed E-state index contributed by atoms with van der Waals surface area (Å²) < 4.78 is 1.99. The minimum atomic E-state index is -0.270. The molecule has 4 rings (SSSR count). The summed E-state index contributed by atoms with van der Waals surface area (Å²) in [6.45, 7) is 4.16. The number of ketones is 1. The molecule has 1 amide bonds. The minimum Gasteiger partial charge on any atom is -0.312 e. The smallest absolute Gasteiger partial charge is 0.223 e. The van der Waals surface area contributed by atoms with E-state index in [1.165, 1.54) is 11.8 Å². The molecule has 6 heteroatoms. The second-order valence-corrected chi connectivity index (χ2v) is 8.11. The molecule has 3 aromatic rings. The predicted molar refractivity (Wildman–Crippen MR) is 111 cm³/mol. The number of amides is 1. The van der Waals surface area contributed by atoms with Gasteiger partial charge in [-0.2, -0.15) is 0 Å². The van der Waals surface area contributed by atoms with E-state index in [9.17, 15) is 9.59 Å². The van der Waals surface area contributed by atoms with Crippen LogP contribution in [0.4, 0.5) is 5.69 Å². The van der Waals surface area contributed by atoms with Crippen LogP contribution in [0.3, 0.4) is 0 Å². The van der Waals surface area contributed by atoms with Crippen LogP contribution in [0.5, 0.6) is 0 Å². The first-order chi connectivity index (χ1) is 13.5. The first-order valence-electron chi connectivity index (χ1n) is 9.25. The Balaban J connectivity index is 1.53. The van der Waals surface area contributed by atoms with Gasteiger partial charge in [0.1, 0.15) is 0 Å². The van der Waals surface area contributed by atoms with E-state index in [0.717, 1.165) is 28.5 Å². The van der Waals surface area contributed by atoms with Gasteiger partial charge in [-0.15, -0.1) is 0 Å². The average Bonchev–Trinajstić information content (AvgIpc) is 3.34. The molecule has 0 unspecified atom stereocenters. The number of para-hydroxylation sites is 1. The Bertz CT molecular complexity index is 1030. The zero-order valence-electron chi connectivity index (χ0n) is 15.8. The van der Waals surface area contributed by atoms with Gasteiger partial charge in [0, 0.05) is 42.8 Å². The lowest BCUT2D eigenvalue weighted by Gasteiger charge is -2.15. The Morgan fingerprint density at radius 1 is 1.14 bits per heavy atom. The van der Waals surface area contributed by atoms with Crippen molar-refractivity contribution in [1.82, 2.24) is 9.55 Å². The van der Waals surface area contributed by atoms with Crippen LogP contribution in [0.2, 0.25) is 0 Å². The van der Waals surface area contributed by atoms with E-state index in [4.69, 9.17) is 0 Å². The molecule has 0 saturated carbocycles. The summed E-state index contributed by atoms with van der Waals surface area (Å²) in [6, 6.07) is 15.6. The van der Waals surface area contributed by atoms with Crippen LogP contribution in [0.15, 0.2) is 66.1 Å². The fourth-order valence-electron chi connectivity index (χ4n) is 3.49. The van der Waals surface area contributed by atoms with Gasteiger partial charge < -0.3 is 4.90 Å². The minimum absolute atomic E-state index is 0.0366. The van der Waals surface area contributed by atoms with Crippen molar-refractivity contribution in [2.24, 2.45) is 0 Å². The summed E-state index contributed by atoms with van der Waals surface area (Å²) in [5.74, 6) is 0.103. The first-order valence-corrected chi connectivity index (χ1v) is 10.1. The van der Waals surface area contributed by atoms with Crippen LogP contribution < -0.4 is 4.90 Å². The third kappa shape index (κ3) is 3.47. The molecular formula is C22H21N3O2S. The molecule has 5 nitrogen and oxygen atoms in total. The normalized spacial score (nSPS) is 14.0. The van der Waals surface area contributed by atoms with E-state index in [1.54, 1.807) is 18.0 Å². The van der Waals surface area contributed by atoms with Crippen molar-refractivity contribution in [1.29, 1.82) is 0 Å². The van der Waals surface area contributed by atoms with Gasteiger partial charge in [-0.1, -0.05) is 30.0 Å². The number of aromatic nitrogens is 2. The molecule has 2 heterocycles. The lowest BCUT2D eigenvalue weighted by Crippen LogP contribution is -2.25. The maximum Gasteiger partial charge on any atom is 0.223 e. The van der Waals surface area contributed by atoms with E-state index in [-0.39, 0.29) is 16.9 Å². The number of thioether (sulfide) groups is 1. The topological polar surface area (TPSA) is 55.2 Å². The molecule has 0 N–H and O–H groups in total. The molecular weight excluding hydrogens is 370 g/mol. The van der Waals surface area contributed by atoms with E-state index in [0.29, 0.717) is 12.1 Å². The van der Waals surface area contributed by atoms with E-state index >= 15 is 0 Å². The standard InChI is InChI=1S/C22H21N3O2S/c1-15(28-22-23-11-13-25(22)19-6-4-3-5-7-19)21(27)18-8-9-20-17(14-18)10-12-24(20)16(2)26/h3-9,11,13-15H,10,12H2,1-2H3/t15-/m1/s1. The highest BCUT2D eigenvalue weighted by Gasteiger charge is 2.25. The van der Waals surface area contributed by atoms with E-state index < -0.39 is 0 Å². The Hall–Kier alpha value is -2.86. The number of carbonyl (C=O) groups excluding carboxylic acids is 2. The summed E-state index contributed by atoms with van der Waals surface area (Å²) in [6.07, 6.45) is 4.44. The maximum absolute atomic E-state index is 13.0. The zero-order chi connectivity index (χ0) is 19.7. The van der Waals surface area contributed by atoms with Gasteiger partial charge in [-0.3, -0.25) is 14.2 Å². The predicted octanol–water partition coefficient (Wildman–Crippen LogP) is 4.14. The highest BCUT2D eigenvalue weighted by atomic mass is 32.2. The van der Waals surface area contributed by atoms with Crippen LogP contribution >= 0.6 is 11.8 Å². The van der Waals surface area contributed by atoms with Gasteiger partial charge in [0.05, 0.1) is 5.25 Å². The average molecular weight is 391 g/mol. The number of hydrogen-bond donors (Lipinski definition) is 0. The molecule has 142 valence electrons. The quantitative estimate of drug-likeness (QED) is 0.484. The first kappa shape index (κ1) is 18.5. The van der Waals surface area contributed by atoms with Crippen molar-refractivity contribution in [2.45, 2.75) is 30.7 Å². The Labute approximate surface area is 168 Å². The van der Waals surface area contributed by atoms with Crippen LogP contribution in [0.25, 0.3) is 5.69 Å². The van der Waals surface area contributed by atoms with E-state index in [2.05, 4.69) is 4.98 Å². The van der Waals surface area contributed by atoms with Crippen molar-refractivity contribution in [3.8, 4) is 5.69 Å². The highest BCUT2D eigenvalue weighted by Crippen LogP contribution is 2.31. The van der Waals surface area contributed by atoms with E-state index in [1.807, 2.05) is 66.2 Å². The second-order valence-electron chi connectivity index (χ2n) is 6.80. The Morgan fingerprint density at radius 3 is 2.68 bits per heavy atom. The molecule has 0 bridgehead atoms. The van der Waals surface area contributed by atoms with Gasteiger partial charge in [0.25, 0.3) is 0 Å². The molecule has 0 aliphatic carbocycles. The summed E-state index contributed by atoms with van der Waals surface area (Å²) in [5.41, 5.74) is 3.68. The van der Waals surface area contributed by atoms with Crippen molar-refractivity contribution in [2.75, 3.05) is 11.4 Å². The lowest BCUT2D eigenvalue weighted by atomic mass is 10.0. The summed E-state index contributed by atoms with van der Waals surface area (Å²) in [5, 5.41) is 0.518.